The molecule has 0 spiro atoms. The Morgan fingerprint density at radius 3 is 2.47 bits per heavy atom. The molecule has 0 saturated carbocycles. The van der Waals surface area contributed by atoms with Gasteiger partial charge in [0.15, 0.2) is 0 Å². The molecule has 0 aromatic heterocycles. The molecule has 3 rings (SSSR count). The molecular formula is C22H22F3NO5S. The lowest BCUT2D eigenvalue weighted by atomic mass is 10.0. The number of amides is 1. The van der Waals surface area contributed by atoms with Crippen molar-refractivity contribution in [1.29, 1.82) is 0 Å². The van der Waals surface area contributed by atoms with E-state index in [0.717, 1.165) is 24.6 Å². The first-order valence-corrected chi connectivity index (χ1v) is 11.4. The van der Waals surface area contributed by atoms with Gasteiger partial charge < -0.3 is 4.74 Å². The summed E-state index contributed by atoms with van der Waals surface area (Å²) >= 11 is 0. The van der Waals surface area contributed by atoms with E-state index in [2.05, 4.69) is 0 Å². The summed E-state index contributed by atoms with van der Waals surface area (Å²) in [5, 5.41) is 0. The number of alkyl halides is 3. The molecule has 32 heavy (non-hydrogen) atoms. The summed E-state index contributed by atoms with van der Waals surface area (Å²) in [5.74, 6) is -1.84. The molecule has 1 heterocycles. The highest BCUT2D eigenvalue weighted by molar-refractivity contribution is 7.90. The summed E-state index contributed by atoms with van der Waals surface area (Å²) < 4.78 is 71.6. The first kappa shape index (κ1) is 23.8. The number of carbonyl (C=O) groups excluding carboxylic acids is 2. The van der Waals surface area contributed by atoms with Gasteiger partial charge in [-0.2, -0.15) is 13.2 Å². The van der Waals surface area contributed by atoms with Gasteiger partial charge in [-0.3, -0.25) is 9.59 Å². The van der Waals surface area contributed by atoms with Crippen LogP contribution in [0.1, 0.15) is 59.3 Å². The van der Waals surface area contributed by atoms with Crippen molar-refractivity contribution in [3.8, 4) is 0 Å². The van der Waals surface area contributed by atoms with Crippen LogP contribution < -0.4 is 0 Å². The molecule has 10 heteroatoms. The lowest BCUT2D eigenvalue weighted by Gasteiger charge is -2.23. The molecule has 0 fully saturated rings. The van der Waals surface area contributed by atoms with Gasteiger partial charge in [-0.15, -0.1) is 0 Å². The summed E-state index contributed by atoms with van der Waals surface area (Å²) in [4.78, 5) is 25.4. The maximum Gasteiger partial charge on any atom is 0.416 e. The third-order valence-corrected chi connectivity index (χ3v) is 7.17. The average Bonchev–Trinajstić information content (AvgIpc) is 2.94. The molecule has 0 aliphatic carbocycles. The van der Waals surface area contributed by atoms with E-state index in [1.165, 1.54) is 6.07 Å². The number of benzene rings is 2. The summed E-state index contributed by atoms with van der Waals surface area (Å²) in [6, 6.07) is 6.95. The minimum Gasteiger partial charge on any atom is -0.466 e. The van der Waals surface area contributed by atoms with Crippen molar-refractivity contribution in [2.45, 2.75) is 50.2 Å². The number of carbonyl (C=O) groups is 2. The smallest absolute Gasteiger partial charge is 0.416 e. The highest BCUT2D eigenvalue weighted by atomic mass is 32.2. The Kier molecular flexibility index (Phi) is 6.64. The van der Waals surface area contributed by atoms with Crippen LogP contribution in [0.5, 0.6) is 0 Å². The van der Waals surface area contributed by atoms with E-state index in [4.69, 9.17) is 4.74 Å². The zero-order valence-electron chi connectivity index (χ0n) is 17.5. The van der Waals surface area contributed by atoms with E-state index in [1.807, 2.05) is 6.92 Å². The molecule has 0 radical (unpaired) electrons. The number of ether oxygens (including phenoxy) is 1. The average molecular weight is 469 g/mol. The van der Waals surface area contributed by atoms with Crippen molar-refractivity contribution in [3.63, 3.8) is 0 Å². The zero-order valence-corrected chi connectivity index (χ0v) is 18.3. The molecule has 1 unspecified atom stereocenters. The Morgan fingerprint density at radius 1 is 1.12 bits per heavy atom. The van der Waals surface area contributed by atoms with Gasteiger partial charge in [-0.25, -0.2) is 12.7 Å². The largest absolute Gasteiger partial charge is 0.466 e. The molecule has 0 saturated heterocycles. The van der Waals surface area contributed by atoms with Crippen LogP contribution in [0, 0.1) is 6.92 Å². The number of aryl methyl sites for hydroxylation is 1. The molecular weight excluding hydrogens is 447 g/mol. The highest BCUT2D eigenvalue weighted by Gasteiger charge is 2.48. The fourth-order valence-electron chi connectivity index (χ4n) is 3.63. The van der Waals surface area contributed by atoms with E-state index in [-0.39, 0.29) is 17.1 Å². The molecule has 1 atom stereocenters. The molecule has 1 aliphatic heterocycles. The van der Waals surface area contributed by atoms with E-state index >= 15 is 0 Å². The Bertz CT molecular complexity index is 1140. The maximum atomic E-state index is 13.3. The molecule has 172 valence electrons. The number of rotatable bonds is 6. The zero-order chi connectivity index (χ0) is 23.7. The summed E-state index contributed by atoms with van der Waals surface area (Å²) in [7, 11) is -4.40. The van der Waals surface area contributed by atoms with Crippen molar-refractivity contribution in [2.75, 3.05) is 6.61 Å². The van der Waals surface area contributed by atoms with Gasteiger partial charge >= 0.3 is 12.1 Å². The van der Waals surface area contributed by atoms with Crippen LogP contribution in [0.4, 0.5) is 13.2 Å². The number of hydrogen-bond acceptors (Lipinski definition) is 5. The minimum absolute atomic E-state index is 0.119. The van der Waals surface area contributed by atoms with Crippen LogP contribution in [-0.2, 0) is 25.7 Å². The van der Waals surface area contributed by atoms with Gasteiger partial charge in [0.05, 0.1) is 29.5 Å². The number of halogens is 3. The quantitative estimate of drug-likeness (QED) is 0.455. The van der Waals surface area contributed by atoms with E-state index < -0.39 is 51.7 Å². The molecule has 1 amide bonds. The predicted octanol–water partition coefficient (Wildman–Crippen LogP) is 4.63. The van der Waals surface area contributed by atoms with Crippen molar-refractivity contribution in [3.05, 3.63) is 64.7 Å². The van der Waals surface area contributed by atoms with Gasteiger partial charge in [0.2, 0.25) is 0 Å². The molecule has 2 aromatic rings. The topological polar surface area (TPSA) is 80.8 Å². The maximum absolute atomic E-state index is 13.3. The fourth-order valence-corrected chi connectivity index (χ4v) is 5.65. The van der Waals surface area contributed by atoms with Gasteiger partial charge in [0, 0.05) is 5.56 Å². The van der Waals surface area contributed by atoms with Crippen molar-refractivity contribution in [1.82, 2.24) is 4.31 Å². The van der Waals surface area contributed by atoms with Crippen LogP contribution in [0.25, 0.3) is 0 Å². The van der Waals surface area contributed by atoms with Crippen molar-refractivity contribution >= 4 is 21.9 Å². The Hall–Kier alpha value is -2.88. The van der Waals surface area contributed by atoms with Gasteiger partial charge in [0.1, 0.15) is 0 Å². The molecule has 2 aromatic carbocycles. The summed E-state index contributed by atoms with van der Waals surface area (Å²) in [6.07, 6.45) is -3.74. The number of sulfonamides is 1. The predicted molar refractivity (Wildman–Crippen MR) is 109 cm³/mol. The molecule has 6 nitrogen and oxygen atoms in total. The van der Waals surface area contributed by atoms with Crippen LogP contribution in [0.15, 0.2) is 47.4 Å². The Balaban J connectivity index is 2.05. The van der Waals surface area contributed by atoms with Crippen molar-refractivity contribution < 1.29 is 35.9 Å². The normalized spacial score (nSPS) is 17.2. The van der Waals surface area contributed by atoms with Gasteiger partial charge in [-0.1, -0.05) is 37.6 Å². The first-order valence-electron chi connectivity index (χ1n) is 9.99. The molecule has 0 bridgehead atoms. The number of hydrogen-bond donors (Lipinski definition) is 0. The number of unbranched alkanes of at least 4 members (excludes halogenated alkanes) is 1. The standard InChI is InChI=1S/C22H22F3NO5S/c1-3-4-11-31-19(27)13-18-17-10-5-7-14(2)20(17)32(29,30)26(18)21(28)15-8-6-9-16(12-15)22(23,24)25/h5-10,12,18H,3-4,11,13H2,1-2H3. The second-order valence-corrected chi connectivity index (χ2v) is 9.22. The number of fused-ring (bicyclic) bond motifs is 1. The summed E-state index contributed by atoms with van der Waals surface area (Å²) in [6.45, 7) is 3.61. The van der Waals surface area contributed by atoms with Crippen LogP contribution >= 0.6 is 0 Å². The SMILES string of the molecule is CCCCOC(=O)CC1c2cccc(C)c2S(=O)(=O)N1C(=O)c1cccc(C(F)(F)F)c1. The van der Waals surface area contributed by atoms with Crippen LogP contribution in [0.2, 0.25) is 0 Å². The van der Waals surface area contributed by atoms with Gasteiger partial charge in [0.25, 0.3) is 15.9 Å². The minimum atomic E-state index is -4.71. The Morgan fingerprint density at radius 2 is 1.81 bits per heavy atom. The lowest BCUT2D eigenvalue weighted by Crippen LogP contribution is -2.36. The third kappa shape index (κ3) is 4.50. The molecule has 1 aliphatic rings. The van der Waals surface area contributed by atoms with Gasteiger partial charge in [-0.05, 0) is 42.7 Å². The van der Waals surface area contributed by atoms with E-state index in [0.29, 0.717) is 22.4 Å². The number of esters is 1. The van der Waals surface area contributed by atoms with E-state index in [9.17, 15) is 31.2 Å². The first-order chi connectivity index (χ1) is 15.0. The Labute approximate surface area is 184 Å². The third-order valence-electron chi connectivity index (χ3n) is 5.16. The second kappa shape index (κ2) is 8.93. The summed E-state index contributed by atoms with van der Waals surface area (Å²) in [5.41, 5.74) is -0.925. The monoisotopic (exact) mass is 469 g/mol. The molecule has 0 N–H and O–H groups in total. The number of nitrogens with zero attached hydrogens (tertiary/aromatic N) is 1. The van der Waals surface area contributed by atoms with Crippen LogP contribution in [0.3, 0.4) is 0 Å². The van der Waals surface area contributed by atoms with Crippen LogP contribution in [-0.4, -0.2) is 31.2 Å². The fraction of sp³-hybridized carbons (Fsp3) is 0.364. The lowest BCUT2D eigenvalue weighted by molar-refractivity contribution is -0.144. The highest BCUT2D eigenvalue weighted by Crippen LogP contribution is 2.44. The second-order valence-electron chi connectivity index (χ2n) is 7.47. The van der Waals surface area contributed by atoms with E-state index in [1.54, 1.807) is 19.1 Å². The van der Waals surface area contributed by atoms with Crippen molar-refractivity contribution in [2.24, 2.45) is 0 Å².